The van der Waals surface area contributed by atoms with Crippen molar-refractivity contribution in [3.8, 4) is 6.07 Å². The maximum atomic E-state index is 12.7. The van der Waals surface area contributed by atoms with Crippen molar-refractivity contribution in [1.82, 2.24) is 24.5 Å². The van der Waals surface area contributed by atoms with Crippen molar-refractivity contribution in [2.24, 2.45) is 0 Å². The van der Waals surface area contributed by atoms with E-state index in [-0.39, 0.29) is 12.3 Å². The van der Waals surface area contributed by atoms with Crippen LogP contribution in [0.5, 0.6) is 0 Å². The van der Waals surface area contributed by atoms with Gasteiger partial charge in [-0.1, -0.05) is 0 Å². The molecule has 0 aliphatic rings. The van der Waals surface area contributed by atoms with Gasteiger partial charge in [0.15, 0.2) is 0 Å². The standard InChI is InChI=1S/C18H20N6O2/c1-13-16(14(2)24-18(22-13)20-12-21-24)6-7-17(25)23(9-4-8-19)11-15-5-3-10-26-15/h3,5,10,12H,4,6-7,9,11H2,1-2H3. The fourth-order valence-electron chi connectivity index (χ4n) is 2.97. The smallest absolute Gasteiger partial charge is 0.252 e. The molecule has 0 fully saturated rings. The van der Waals surface area contributed by atoms with Gasteiger partial charge in [0, 0.05) is 24.4 Å². The molecule has 26 heavy (non-hydrogen) atoms. The summed E-state index contributed by atoms with van der Waals surface area (Å²) in [5.41, 5.74) is 2.78. The molecular formula is C18H20N6O2. The number of nitriles is 1. The number of fused-ring (bicyclic) bond motifs is 1. The molecule has 0 aromatic carbocycles. The van der Waals surface area contributed by atoms with Crippen molar-refractivity contribution in [3.05, 3.63) is 47.4 Å². The quantitative estimate of drug-likeness (QED) is 0.646. The fourth-order valence-corrected chi connectivity index (χ4v) is 2.97. The first-order valence-electron chi connectivity index (χ1n) is 8.43. The van der Waals surface area contributed by atoms with Crippen molar-refractivity contribution in [1.29, 1.82) is 5.26 Å². The van der Waals surface area contributed by atoms with E-state index in [0.29, 0.717) is 37.5 Å². The zero-order valence-corrected chi connectivity index (χ0v) is 14.8. The van der Waals surface area contributed by atoms with Crippen LogP contribution < -0.4 is 0 Å². The highest BCUT2D eigenvalue weighted by atomic mass is 16.3. The zero-order valence-electron chi connectivity index (χ0n) is 14.8. The first-order chi connectivity index (χ1) is 12.6. The van der Waals surface area contributed by atoms with Crippen LogP contribution in [-0.2, 0) is 17.8 Å². The van der Waals surface area contributed by atoms with Gasteiger partial charge in [-0.05, 0) is 38.0 Å². The van der Waals surface area contributed by atoms with E-state index in [0.717, 1.165) is 17.0 Å². The maximum absolute atomic E-state index is 12.7. The number of aromatic nitrogens is 4. The van der Waals surface area contributed by atoms with E-state index in [1.807, 2.05) is 19.9 Å². The summed E-state index contributed by atoms with van der Waals surface area (Å²) in [7, 11) is 0. The van der Waals surface area contributed by atoms with E-state index in [2.05, 4.69) is 21.1 Å². The van der Waals surface area contributed by atoms with Crippen LogP contribution in [0.4, 0.5) is 0 Å². The van der Waals surface area contributed by atoms with Gasteiger partial charge in [0.2, 0.25) is 5.91 Å². The fraction of sp³-hybridized carbons (Fsp3) is 0.389. The Morgan fingerprint density at radius 2 is 2.27 bits per heavy atom. The largest absolute Gasteiger partial charge is 0.467 e. The van der Waals surface area contributed by atoms with Crippen molar-refractivity contribution in [3.63, 3.8) is 0 Å². The van der Waals surface area contributed by atoms with Crippen molar-refractivity contribution < 1.29 is 9.21 Å². The molecule has 0 unspecified atom stereocenters. The molecule has 0 N–H and O–H groups in total. The summed E-state index contributed by atoms with van der Waals surface area (Å²) in [4.78, 5) is 22.9. The topological polar surface area (TPSA) is 100 Å². The number of hydrogen-bond acceptors (Lipinski definition) is 6. The molecule has 3 aromatic heterocycles. The van der Waals surface area contributed by atoms with E-state index in [4.69, 9.17) is 9.68 Å². The lowest BCUT2D eigenvalue weighted by molar-refractivity contribution is -0.132. The highest BCUT2D eigenvalue weighted by molar-refractivity contribution is 5.76. The number of nitrogens with zero attached hydrogens (tertiary/aromatic N) is 6. The number of amides is 1. The Morgan fingerprint density at radius 3 is 3.00 bits per heavy atom. The van der Waals surface area contributed by atoms with Crippen LogP contribution in [0.15, 0.2) is 29.1 Å². The molecule has 8 heteroatoms. The minimum atomic E-state index is -0.0193. The molecule has 0 spiro atoms. The highest BCUT2D eigenvalue weighted by Gasteiger charge is 2.17. The third-order valence-electron chi connectivity index (χ3n) is 4.35. The summed E-state index contributed by atoms with van der Waals surface area (Å²) in [5.74, 6) is 1.24. The Kier molecular flexibility index (Phi) is 5.27. The molecule has 0 saturated carbocycles. The van der Waals surface area contributed by atoms with E-state index < -0.39 is 0 Å². The van der Waals surface area contributed by atoms with Gasteiger partial charge in [0.05, 0.1) is 25.3 Å². The predicted octanol–water partition coefficient (Wildman–Crippen LogP) is 2.21. The minimum Gasteiger partial charge on any atom is -0.467 e. The van der Waals surface area contributed by atoms with Gasteiger partial charge in [-0.3, -0.25) is 4.79 Å². The van der Waals surface area contributed by atoms with E-state index in [1.54, 1.807) is 21.7 Å². The molecule has 3 rings (SSSR count). The number of hydrogen-bond donors (Lipinski definition) is 0. The molecule has 0 aliphatic carbocycles. The molecule has 0 atom stereocenters. The minimum absolute atomic E-state index is 0.0193. The van der Waals surface area contributed by atoms with Crippen LogP contribution >= 0.6 is 0 Å². The maximum Gasteiger partial charge on any atom is 0.252 e. The van der Waals surface area contributed by atoms with Crippen molar-refractivity contribution >= 4 is 11.7 Å². The first-order valence-corrected chi connectivity index (χ1v) is 8.43. The molecule has 0 radical (unpaired) electrons. The van der Waals surface area contributed by atoms with Crippen LogP contribution in [-0.4, -0.2) is 36.9 Å². The lowest BCUT2D eigenvalue weighted by Crippen LogP contribution is -2.31. The average molecular weight is 352 g/mol. The number of furan rings is 1. The number of rotatable bonds is 7. The molecule has 0 bridgehead atoms. The Labute approximate surface area is 151 Å². The number of aryl methyl sites for hydroxylation is 2. The summed E-state index contributed by atoms with van der Waals surface area (Å²) < 4.78 is 7.01. The predicted molar refractivity (Wildman–Crippen MR) is 92.9 cm³/mol. The summed E-state index contributed by atoms with van der Waals surface area (Å²) in [6.45, 7) is 4.62. The monoisotopic (exact) mass is 352 g/mol. The number of carbonyl (C=O) groups excluding carboxylic acids is 1. The normalized spacial score (nSPS) is 10.8. The Hall–Kier alpha value is -3.21. The Bertz CT molecular complexity index is 939. The van der Waals surface area contributed by atoms with Crippen LogP contribution in [0.25, 0.3) is 5.78 Å². The van der Waals surface area contributed by atoms with Crippen molar-refractivity contribution in [2.75, 3.05) is 6.54 Å². The second kappa shape index (κ2) is 7.78. The molecule has 0 aliphatic heterocycles. The summed E-state index contributed by atoms with van der Waals surface area (Å²) in [5, 5.41) is 13.0. The van der Waals surface area contributed by atoms with Crippen molar-refractivity contribution in [2.45, 2.75) is 39.7 Å². The Balaban J connectivity index is 1.72. The van der Waals surface area contributed by atoms with Crippen LogP contribution in [0.2, 0.25) is 0 Å². The molecular weight excluding hydrogens is 332 g/mol. The highest BCUT2D eigenvalue weighted by Crippen LogP contribution is 2.16. The Morgan fingerprint density at radius 1 is 1.42 bits per heavy atom. The second-order valence-electron chi connectivity index (χ2n) is 6.04. The molecule has 1 amide bonds. The summed E-state index contributed by atoms with van der Waals surface area (Å²) in [6, 6.07) is 5.70. The number of carbonyl (C=O) groups is 1. The van der Waals surface area contributed by atoms with E-state index >= 15 is 0 Å². The molecule has 3 aromatic rings. The third kappa shape index (κ3) is 3.72. The van der Waals surface area contributed by atoms with Gasteiger partial charge in [-0.15, -0.1) is 0 Å². The lowest BCUT2D eigenvalue weighted by atomic mass is 10.1. The molecule has 8 nitrogen and oxygen atoms in total. The second-order valence-corrected chi connectivity index (χ2v) is 6.04. The van der Waals surface area contributed by atoms with Gasteiger partial charge in [-0.2, -0.15) is 15.3 Å². The molecule has 3 heterocycles. The molecule has 0 saturated heterocycles. The van der Waals surface area contributed by atoms with Gasteiger partial charge in [0.25, 0.3) is 5.78 Å². The van der Waals surface area contributed by atoms with Gasteiger partial charge in [0.1, 0.15) is 12.1 Å². The summed E-state index contributed by atoms with van der Waals surface area (Å²) >= 11 is 0. The third-order valence-corrected chi connectivity index (χ3v) is 4.35. The van der Waals surface area contributed by atoms with E-state index in [9.17, 15) is 4.79 Å². The summed E-state index contributed by atoms with van der Waals surface area (Å²) in [6.07, 6.45) is 4.22. The van der Waals surface area contributed by atoms with Crippen LogP contribution in [0, 0.1) is 25.2 Å². The van der Waals surface area contributed by atoms with Gasteiger partial charge >= 0.3 is 0 Å². The zero-order chi connectivity index (χ0) is 18.5. The first kappa shape index (κ1) is 17.6. The lowest BCUT2D eigenvalue weighted by Gasteiger charge is -2.21. The average Bonchev–Trinajstić information content (AvgIpc) is 3.29. The van der Waals surface area contributed by atoms with Gasteiger partial charge < -0.3 is 9.32 Å². The van der Waals surface area contributed by atoms with Crippen LogP contribution in [0.3, 0.4) is 0 Å². The molecule has 134 valence electrons. The van der Waals surface area contributed by atoms with Crippen LogP contribution in [0.1, 0.15) is 35.6 Å². The van der Waals surface area contributed by atoms with E-state index in [1.165, 1.54) is 6.33 Å². The van der Waals surface area contributed by atoms with Gasteiger partial charge in [-0.25, -0.2) is 9.50 Å². The SMILES string of the molecule is Cc1nc2ncnn2c(C)c1CCC(=O)N(CCC#N)Cc1ccco1.